The predicted octanol–water partition coefficient (Wildman–Crippen LogP) is 7.11. The summed E-state index contributed by atoms with van der Waals surface area (Å²) in [6, 6.07) is 0. The Bertz CT molecular complexity index is 334. The van der Waals surface area contributed by atoms with E-state index in [0.717, 1.165) is 0 Å². The van der Waals surface area contributed by atoms with Crippen LogP contribution < -0.4 is 0 Å². The second-order valence-corrected chi connectivity index (χ2v) is 33.9. The Balaban J connectivity index is 6.58. The topological polar surface area (TPSA) is 0 Å². The van der Waals surface area contributed by atoms with Crippen LogP contribution in [0.4, 0.5) is 4.39 Å². The van der Waals surface area contributed by atoms with Crippen molar-refractivity contribution in [3.05, 3.63) is 9.54 Å². The van der Waals surface area contributed by atoms with Crippen LogP contribution in [0.25, 0.3) is 0 Å². The van der Waals surface area contributed by atoms with Gasteiger partial charge in [-0.3, -0.25) is 0 Å². The first-order valence-electron chi connectivity index (χ1n) is 7.77. The molecule has 0 radical (unpaired) electrons. The summed E-state index contributed by atoms with van der Waals surface area (Å²) >= 11 is -3.35. The molecule has 0 N–H and O–H groups in total. The van der Waals surface area contributed by atoms with Gasteiger partial charge in [0.05, 0.1) is 0 Å². The van der Waals surface area contributed by atoms with E-state index in [-0.39, 0.29) is 10.3 Å². The molecule has 0 saturated carbocycles. The molecule has 0 amide bonds. The van der Waals surface area contributed by atoms with Crippen molar-refractivity contribution in [1.82, 2.24) is 0 Å². The van der Waals surface area contributed by atoms with Gasteiger partial charge in [0.2, 0.25) is 0 Å². The molecule has 0 saturated heterocycles. The normalized spacial score (nSPS) is 16.6. The van der Waals surface area contributed by atoms with Gasteiger partial charge in [-0.2, -0.15) is 0 Å². The van der Waals surface area contributed by atoms with Crippen molar-refractivity contribution in [2.75, 3.05) is 0 Å². The van der Waals surface area contributed by atoms with Crippen LogP contribution in [0.3, 0.4) is 0 Å². The summed E-state index contributed by atoms with van der Waals surface area (Å²) in [6.45, 7) is 27.2. The third-order valence-corrected chi connectivity index (χ3v) is 28.0. The zero-order valence-corrected chi connectivity index (χ0v) is 19.8. The molecule has 0 aromatic carbocycles. The van der Waals surface area contributed by atoms with Gasteiger partial charge in [-0.15, -0.1) is 0 Å². The molecule has 120 valence electrons. The second-order valence-electron chi connectivity index (χ2n) is 10.4. The van der Waals surface area contributed by atoms with Crippen LogP contribution in [0.1, 0.15) is 62.3 Å². The molecule has 0 spiro atoms. The van der Waals surface area contributed by atoms with E-state index < -0.39 is 26.5 Å². The number of hydrogen-bond donors (Lipinski definition) is 0. The Morgan fingerprint density at radius 3 is 1.15 bits per heavy atom. The van der Waals surface area contributed by atoms with Gasteiger partial charge in [-0.05, 0) is 0 Å². The van der Waals surface area contributed by atoms with Gasteiger partial charge in [0.1, 0.15) is 0 Å². The summed E-state index contributed by atoms with van der Waals surface area (Å²) in [5, 5.41) is 0. The maximum atomic E-state index is 15.7. The molecule has 0 bridgehead atoms. The number of hydrogen-bond acceptors (Lipinski definition) is 0. The van der Waals surface area contributed by atoms with E-state index >= 15 is 4.39 Å². The summed E-state index contributed by atoms with van der Waals surface area (Å²) in [5.74, 6) is 0. The van der Waals surface area contributed by atoms with Gasteiger partial charge in [-0.25, -0.2) is 0 Å². The summed E-state index contributed by atoms with van der Waals surface area (Å²) in [4.78, 5) is 0. The first-order valence-corrected chi connectivity index (χ1v) is 17.1. The van der Waals surface area contributed by atoms with Crippen molar-refractivity contribution < 1.29 is 4.39 Å². The Labute approximate surface area is 132 Å². The Morgan fingerprint density at radius 2 is 1.00 bits per heavy atom. The average Bonchev–Trinajstić information content (AvgIpc) is 1.88. The first kappa shape index (κ1) is 20.7. The molecular formula is C17H37FSiSn. The van der Waals surface area contributed by atoms with Gasteiger partial charge < -0.3 is 0 Å². The van der Waals surface area contributed by atoms with E-state index in [1.807, 2.05) is 0 Å². The van der Waals surface area contributed by atoms with Crippen LogP contribution in [-0.4, -0.2) is 26.5 Å². The monoisotopic (exact) mass is 408 g/mol. The molecule has 0 nitrogen and oxygen atoms in total. The Hall–Kier alpha value is 0.686. The van der Waals surface area contributed by atoms with Crippen molar-refractivity contribution in [2.24, 2.45) is 0 Å². The van der Waals surface area contributed by atoms with Crippen molar-refractivity contribution in [3.8, 4) is 0 Å². The Morgan fingerprint density at radius 1 is 0.750 bits per heavy atom. The molecule has 0 heterocycles. The summed E-state index contributed by atoms with van der Waals surface area (Å²) < 4.78 is 16.2. The van der Waals surface area contributed by atoms with Gasteiger partial charge in [0.25, 0.3) is 0 Å². The van der Waals surface area contributed by atoms with E-state index in [2.05, 4.69) is 87.7 Å². The quantitative estimate of drug-likeness (QED) is 0.428. The van der Waals surface area contributed by atoms with Crippen LogP contribution >= 0.6 is 0 Å². The van der Waals surface area contributed by atoms with E-state index in [4.69, 9.17) is 0 Å². The van der Waals surface area contributed by atoms with E-state index in [1.54, 1.807) is 0 Å². The third kappa shape index (κ3) is 3.91. The molecule has 0 atom stereocenters. The fourth-order valence-corrected chi connectivity index (χ4v) is 36.9. The molecule has 0 aliphatic rings. The molecule has 3 heteroatoms. The molecule has 0 aliphatic heterocycles. The molecule has 0 aromatic heterocycles. The predicted molar refractivity (Wildman–Crippen MR) is 97.4 cm³/mol. The van der Waals surface area contributed by atoms with Gasteiger partial charge in [-0.1, -0.05) is 0 Å². The van der Waals surface area contributed by atoms with Crippen LogP contribution in [0, 0.1) is 0 Å². The molecule has 0 rings (SSSR count). The number of halogens is 1. The van der Waals surface area contributed by atoms with Crippen molar-refractivity contribution in [2.45, 2.75) is 92.2 Å². The van der Waals surface area contributed by atoms with Crippen molar-refractivity contribution >= 4 is 26.5 Å². The third-order valence-electron chi connectivity index (χ3n) is 4.29. The zero-order chi connectivity index (χ0) is 16.8. The molecule has 20 heavy (non-hydrogen) atoms. The van der Waals surface area contributed by atoms with Crippen LogP contribution in [-0.2, 0) is 0 Å². The molecule has 0 unspecified atom stereocenters. The van der Waals surface area contributed by atoms with Crippen LogP contribution in [0.5, 0.6) is 0 Å². The van der Waals surface area contributed by atoms with Crippen LogP contribution in [0.15, 0.2) is 9.54 Å². The molecule has 0 aromatic rings. The molecule has 0 fully saturated rings. The maximum absolute atomic E-state index is 15.7. The fraction of sp³-hybridized carbons (Fsp3) is 0.882. The SMILES string of the molecule is C[C](C)(C)[Sn](/[C](F)=C/[Si](C)(C)C)([C](C)(C)C)[C](C)(C)C. The van der Waals surface area contributed by atoms with E-state index in [0.29, 0.717) is 3.84 Å². The second kappa shape index (κ2) is 5.71. The van der Waals surface area contributed by atoms with Gasteiger partial charge in [0.15, 0.2) is 0 Å². The fourth-order valence-electron chi connectivity index (χ4n) is 4.94. The van der Waals surface area contributed by atoms with Gasteiger partial charge in [0, 0.05) is 0 Å². The average molecular weight is 407 g/mol. The Kier molecular flexibility index (Phi) is 5.91. The summed E-state index contributed by atoms with van der Waals surface area (Å²) in [7, 11) is -1.55. The zero-order valence-electron chi connectivity index (χ0n) is 16.0. The van der Waals surface area contributed by atoms with Crippen molar-refractivity contribution in [3.63, 3.8) is 0 Å². The minimum absolute atomic E-state index is 0.0609. The summed E-state index contributed by atoms with van der Waals surface area (Å²) in [6.07, 6.45) is 0. The van der Waals surface area contributed by atoms with Gasteiger partial charge >= 0.3 is 133 Å². The standard InChI is InChI=1S/C5H10FSi.3C4H9.Sn/c1-7(2,3)5-4-6;3*1-4(2)3;/h5H,1-3H3;3*1-3H3;. The van der Waals surface area contributed by atoms with E-state index in [1.165, 1.54) is 0 Å². The van der Waals surface area contributed by atoms with Crippen LogP contribution in [0.2, 0.25) is 29.9 Å². The first-order chi connectivity index (χ1) is 8.38. The molecular weight excluding hydrogens is 370 g/mol. The number of rotatable bonds is 2. The van der Waals surface area contributed by atoms with Crippen molar-refractivity contribution in [1.29, 1.82) is 0 Å². The summed E-state index contributed by atoms with van der Waals surface area (Å²) in [5.41, 5.74) is 2.06. The minimum atomic E-state index is -3.35. The molecule has 0 aliphatic carbocycles. The van der Waals surface area contributed by atoms with E-state index in [9.17, 15) is 0 Å².